The summed E-state index contributed by atoms with van der Waals surface area (Å²) in [5.41, 5.74) is 3.60. The maximum atomic E-state index is 4.39. The van der Waals surface area contributed by atoms with Crippen LogP contribution in [0.4, 0.5) is 5.69 Å². The van der Waals surface area contributed by atoms with E-state index in [2.05, 4.69) is 67.9 Å². The van der Waals surface area contributed by atoms with E-state index in [1.807, 2.05) is 6.20 Å². The lowest BCUT2D eigenvalue weighted by atomic mass is 10.1. The Bertz CT molecular complexity index is 417. The largest absolute Gasteiger partial charge is 0.353 e. The van der Waals surface area contributed by atoms with Crippen LogP contribution in [0.1, 0.15) is 32.0 Å². The second-order valence-corrected chi connectivity index (χ2v) is 4.94. The number of aromatic nitrogens is 1. The van der Waals surface area contributed by atoms with Gasteiger partial charge >= 0.3 is 0 Å². The van der Waals surface area contributed by atoms with Gasteiger partial charge in [0.05, 0.1) is 11.4 Å². The highest BCUT2D eigenvalue weighted by molar-refractivity contribution is 5.59. The highest BCUT2D eigenvalue weighted by Gasteiger charge is 2.26. The molecule has 1 aliphatic rings. The first kappa shape index (κ1) is 12.0. The Labute approximate surface area is 104 Å². The van der Waals surface area contributed by atoms with Gasteiger partial charge in [0, 0.05) is 24.6 Å². The maximum Gasteiger partial charge on any atom is 0.103 e. The molecule has 2 heterocycles. The van der Waals surface area contributed by atoms with Crippen LogP contribution in [0.5, 0.6) is 0 Å². The smallest absolute Gasteiger partial charge is 0.103 e. The molecule has 1 aromatic rings. The van der Waals surface area contributed by atoms with Crippen molar-refractivity contribution in [2.75, 3.05) is 4.90 Å². The summed E-state index contributed by atoms with van der Waals surface area (Å²) in [5.74, 6) is 0. The van der Waals surface area contributed by atoms with Gasteiger partial charge < -0.3 is 9.80 Å². The molecule has 92 valence electrons. The van der Waals surface area contributed by atoms with E-state index >= 15 is 0 Å². The Balaban J connectivity index is 2.34. The third-order valence-electron chi connectivity index (χ3n) is 3.40. The van der Waals surface area contributed by atoms with E-state index in [-0.39, 0.29) is 0 Å². The number of hydrogen-bond donors (Lipinski definition) is 0. The summed E-state index contributed by atoms with van der Waals surface area (Å²) in [4.78, 5) is 9.05. The van der Waals surface area contributed by atoms with Crippen molar-refractivity contribution in [1.82, 2.24) is 9.88 Å². The molecular formula is C14H21N3. The zero-order chi connectivity index (χ0) is 12.6. The van der Waals surface area contributed by atoms with Crippen LogP contribution in [-0.4, -0.2) is 22.1 Å². The average Bonchev–Trinajstić information content (AvgIpc) is 2.61. The summed E-state index contributed by atoms with van der Waals surface area (Å²) in [6.07, 6.45) is 6.55. The standard InChI is InChI=1S/C14H21N3/c1-10(2)16-8-9-17(13(16)5)14-11(3)6-7-15-12(14)4/h6-10,13H,1-5H3/t13-/m1/s1. The van der Waals surface area contributed by atoms with E-state index in [1.165, 1.54) is 11.3 Å². The van der Waals surface area contributed by atoms with Gasteiger partial charge in [-0.25, -0.2) is 0 Å². The Morgan fingerprint density at radius 1 is 1.24 bits per heavy atom. The molecule has 0 aliphatic carbocycles. The zero-order valence-corrected chi connectivity index (χ0v) is 11.3. The molecule has 1 atom stereocenters. The van der Waals surface area contributed by atoms with Gasteiger partial charge in [0.1, 0.15) is 6.17 Å². The summed E-state index contributed by atoms with van der Waals surface area (Å²) in [6, 6.07) is 2.59. The van der Waals surface area contributed by atoms with Crippen molar-refractivity contribution in [2.45, 2.75) is 46.8 Å². The van der Waals surface area contributed by atoms with E-state index in [0.29, 0.717) is 12.2 Å². The normalized spacial score (nSPS) is 19.5. The number of pyridine rings is 1. The minimum Gasteiger partial charge on any atom is -0.353 e. The quantitative estimate of drug-likeness (QED) is 0.780. The predicted molar refractivity (Wildman–Crippen MR) is 71.8 cm³/mol. The molecule has 0 N–H and O–H groups in total. The van der Waals surface area contributed by atoms with Crippen LogP contribution in [-0.2, 0) is 0 Å². The molecule has 0 bridgehead atoms. The molecule has 3 heteroatoms. The summed E-state index contributed by atoms with van der Waals surface area (Å²) >= 11 is 0. The fraction of sp³-hybridized carbons (Fsp3) is 0.500. The second kappa shape index (κ2) is 4.40. The Kier molecular flexibility index (Phi) is 3.09. The lowest BCUT2D eigenvalue weighted by Gasteiger charge is -2.33. The van der Waals surface area contributed by atoms with Crippen LogP contribution in [0.15, 0.2) is 24.7 Å². The van der Waals surface area contributed by atoms with Crippen molar-refractivity contribution in [3.63, 3.8) is 0 Å². The third-order valence-corrected chi connectivity index (χ3v) is 3.40. The molecule has 1 aromatic heterocycles. The van der Waals surface area contributed by atoms with Gasteiger partial charge in [0.2, 0.25) is 0 Å². The first-order chi connectivity index (χ1) is 8.02. The summed E-state index contributed by atoms with van der Waals surface area (Å²) in [7, 11) is 0. The number of hydrogen-bond acceptors (Lipinski definition) is 3. The average molecular weight is 231 g/mol. The van der Waals surface area contributed by atoms with Gasteiger partial charge in [-0.15, -0.1) is 0 Å². The second-order valence-electron chi connectivity index (χ2n) is 4.94. The van der Waals surface area contributed by atoms with Crippen LogP contribution in [0, 0.1) is 13.8 Å². The van der Waals surface area contributed by atoms with E-state index in [0.717, 1.165) is 5.69 Å². The molecule has 0 unspecified atom stereocenters. The van der Waals surface area contributed by atoms with Crippen molar-refractivity contribution in [2.24, 2.45) is 0 Å². The number of anilines is 1. The van der Waals surface area contributed by atoms with Gasteiger partial charge in [-0.3, -0.25) is 4.98 Å². The topological polar surface area (TPSA) is 19.4 Å². The molecule has 3 nitrogen and oxygen atoms in total. The van der Waals surface area contributed by atoms with E-state index in [1.54, 1.807) is 0 Å². The van der Waals surface area contributed by atoms with Crippen LogP contribution in [0.3, 0.4) is 0 Å². The van der Waals surface area contributed by atoms with Crippen molar-refractivity contribution in [3.05, 3.63) is 35.9 Å². The number of aryl methyl sites for hydroxylation is 2. The van der Waals surface area contributed by atoms with Crippen molar-refractivity contribution < 1.29 is 0 Å². The van der Waals surface area contributed by atoms with Crippen molar-refractivity contribution in [3.8, 4) is 0 Å². The molecule has 0 amide bonds. The first-order valence-corrected chi connectivity index (χ1v) is 6.18. The predicted octanol–water partition coefficient (Wildman–Crippen LogP) is 3.05. The first-order valence-electron chi connectivity index (χ1n) is 6.18. The lowest BCUT2D eigenvalue weighted by molar-refractivity contribution is 0.263. The van der Waals surface area contributed by atoms with Gasteiger partial charge in [-0.1, -0.05) is 0 Å². The Hall–Kier alpha value is -1.51. The maximum absolute atomic E-state index is 4.39. The van der Waals surface area contributed by atoms with Crippen LogP contribution in [0.25, 0.3) is 0 Å². The molecule has 1 aliphatic heterocycles. The molecule has 0 radical (unpaired) electrons. The van der Waals surface area contributed by atoms with Crippen molar-refractivity contribution >= 4 is 5.69 Å². The van der Waals surface area contributed by atoms with Gasteiger partial charge in [-0.2, -0.15) is 0 Å². The molecule has 0 aromatic carbocycles. The van der Waals surface area contributed by atoms with Crippen molar-refractivity contribution in [1.29, 1.82) is 0 Å². The lowest BCUT2D eigenvalue weighted by Crippen LogP contribution is -2.40. The van der Waals surface area contributed by atoms with Gasteiger partial charge in [-0.05, 0) is 46.2 Å². The number of nitrogens with zero attached hydrogens (tertiary/aromatic N) is 3. The van der Waals surface area contributed by atoms with Crippen LogP contribution < -0.4 is 4.90 Å². The minimum absolute atomic E-state index is 0.358. The van der Waals surface area contributed by atoms with Gasteiger partial charge in [0.25, 0.3) is 0 Å². The van der Waals surface area contributed by atoms with Crippen LogP contribution in [0.2, 0.25) is 0 Å². The number of rotatable bonds is 2. The van der Waals surface area contributed by atoms with Crippen LogP contribution >= 0.6 is 0 Å². The van der Waals surface area contributed by atoms with E-state index < -0.39 is 0 Å². The molecule has 0 saturated heterocycles. The SMILES string of the molecule is Cc1ccnc(C)c1N1C=CN(C(C)C)[C@H]1C. The van der Waals surface area contributed by atoms with E-state index in [9.17, 15) is 0 Å². The fourth-order valence-electron chi connectivity index (χ4n) is 2.48. The highest BCUT2D eigenvalue weighted by Crippen LogP contribution is 2.30. The van der Waals surface area contributed by atoms with E-state index in [4.69, 9.17) is 0 Å². The fourth-order valence-corrected chi connectivity index (χ4v) is 2.48. The zero-order valence-electron chi connectivity index (χ0n) is 11.3. The Morgan fingerprint density at radius 2 is 1.94 bits per heavy atom. The summed E-state index contributed by atoms with van der Waals surface area (Å²) < 4.78 is 0. The molecule has 0 saturated carbocycles. The van der Waals surface area contributed by atoms with Gasteiger partial charge in [0.15, 0.2) is 0 Å². The molecule has 17 heavy (non-hydrogen) atoms. The molecule has 2 rings (SSSR count). The molecule has 0 spiro atoms. The monoisotopic (exact) mass is 231 g/mol. The third kappa shape index (κ3) is 2.02. The summed E-state index contributed by atoms with van der Waals surface area (Å²) in [5, 5.41) is 0. The molecule has 0 fully saturated rings. The summed E-state index contributed by atoms with van der Waals surface area (Å²) in [6.45, 7) is 10.9. The highest BCUT2D eigenvalue weighted by atomic mass is 15.4. The Morgan fingerprint density at radius 3 is 2.47 bits per heavy atom. The minimum atomic E-state index is 0.358. The molecular weight excluding hydrogens is 210 g/mol.